The molecule has 0 aliphatic rings. The molecule has 0 rings (SSSR count). The van der Waals surface area contributed by atoms with Crippen molar-refractivity contribution in [2.45, 2.75) is 58.8 Å². The van der Waals surface area contributed by atoms with Crippen molar-refractivity contribution in [3.05, 3.63) is 0 Å². The summed E-state index contributed by atoms with van der Waals surface area (Å²) in [6, 6.07) is 0. The van der Waals surface area contributed by atoms with Gasteiger partial charge in [0.2, 0.25) is 0 Å². The van der Waals surface area contributed by atoms with E-state index in [1.165, 1.54) is 0 Å². The Morgan fingerprint density at radius 3 is 2.29 bits per heavy atom. The number of rotatable bonds is 7. The quantitative estimate of drug-likeness (QED) is 0.296. The zero-order valence-corrected chi connectivity index (χ0v) is 9.27. The second-order valence-electron chi connectivity index (χ2n) is 3.46. The van der Waals surface area contributed by atoms with Crippen molar-refractivity contribution in [3.63, 3.8) is 0 Å². The average molecular weight is 199 g/mol. The fourth-order valence-corrected chi connectivity index (χ4v) is 1.10. The predicted molar refractivity (Wildman–Crippen MR) is 57.5 cm³/mol. The second kappa shape index (κ2) is 8.73. The zero-order chi connectivity index (χ0) is 10.8. The van der Waals surface area contributed by atoms with Gasteiger partial charge < -0.3 is 4.74 Å². The van der Waals surface area contributed by atoms with E-state index in [9.17, 15) is 4.79 Å². The van der Waals surface area contributed by atoms with E-state index in [0.717, 1.165) is 32.1 Å². The van der Waals surface area contributed by atoms with Crippen LogP contribution in [-0.2, 0) is 9.53 Å². The normalized spacial score (nSPS) is 9.86. The molecule has 0 aromatic heterocycles. The number of ether oxygens (including phenoxy) is 1. The standard InChI is InChI=1S/C11H21NO2/c1-3-5-7-9-11(13)14-10(12)8-6-4-2/h12H,3-9H2,1-2H3. The maximum Gasteiger partial charge on any atom is 0.312 e. The van der Waals surface area contributed by atoms with Gasteiger partial charge in [0.05, 0.1) is 0 Å². The first-order valence-electron chi connectivity index (χ1n) is 5.48. The number of hydrogen-bond donors (Lipinski definition) is 1. The molecule has 0 saturated carbocycles. The monoisotopic (exact) mass is 199 g/mol. The summed E-state index contributed by atoms with van der Waals surface area (Å²) < 4.78 is 4.84. The van der Waals surface area contributed by atoms with Crippen LogP contribution in [0.2, 0.25) is 0 Å². The number of unbranched alkanes of at least 4 members (excludes halogenated alkanes) is 3. The van der Waals surface area contributed by atoms with E-state index in [0.29, 0.717) is 12.8 Å². The van der Waals surface area contributed by atoms with Crippen molar-refractivity contribution in [2.24, 2.45) is 0 Å². The van der Waals surface area contributed by atoms with Crippen LogP contribution >= 0.6 is 0 Å². The number of nitrogens with one attached hydrogen (secondary N) is 1. The molecule has 0 aromatic rings. The van der Waals surface area contributed by atoms with Crippen molar-refractivity contribution < 1.29 is 9.53 Å². The van der Waals surface area contributed by atoms with Crippen LogP contribution < -0.4 is 0 Å². The Kier molecular flexibility index (Phi) is 8.19. The first-order chi connectivity index (χ1) is 6.70. The Morgan fingerprint density at radius 2 is 1.71 bits per heavy atom. The lowest BCUT2D eigenvalue weighted by molar-refractivity contribution is -0.135. The summed E-state index contributed by atoms with van der Waals surface area (Å²) in [6.45, 7) is 4.14. The van der Waals surface area contributed by atoms with Crippen LogP contribution in [0.3, 0.4) is 0 Å². The number of hydrogen-bond acceptors (Lipinski definition) is 3. The maximum absolute atomic E-state index is 11.1. The molecule has 1 N–H and O–H groups in total. The van der Waals surface area contributed by atoms with Crippen molar-refractivity contribution >= 4 is 11.9 Å². The lowest BCUT2D eigenvalue weighted by Gasteiger charge is -2.04. The lowest BCUT2D eigenvalue weighted by atomic mass is 10.2. The van der Waals surface area contributed by atoms with Gasteiger partial charge in [-0.1, -0.05) is 33.1 Å². The van der Waals surface area contributed by atoms with Gasteiger partial charge >= 0.3 is 5.97 Å². The van der Waals surface area contributed by atoms with Crippen molar-refractivity contribution in [1.29, 1.82) is 5.41 Å². The molecule has 0 radical (unpaired) electrons. The highest BCUT2D eigenvalue weighted by Crippen LogP contribution is 2.03. The molecule has 0 unspecified atom stereocenters. The van der Waals surface area contributed by atoms with Crippen LogP contribution in [0, 0.1) is 5.41 Å². The molecule has 0 aromatic carbocycles. The van der Waals surface area contributed by atoms with Gasteiger partial charge in [0.15, 0.2) is 5.90 Å². The third kappa shape index (κ3) is 7.77. The van der Waals surface area contributed by atoms with E-state index in [-0.39, 0.29) is 11.9 Å². The van der Waals surface area contributed by atoms with Crippen LogP contribution in [0.4, 0.5) is 0 Å². The van der Waals surface area contributed by atoms with Gasteiger partial charge in [-0.25, -0.2) is 0 Å². The summed E-state index contributed by atoms with van der Waals surface area (Å²) in [5.41, 5.74) is 0. The van der Waals surface area contributed by atoms with Crippen molar-refractivity contribution in [3.8, 4) is 0 Å². The summed E-state index contributed by atoms with van der Waals surface area (Å²) in [4.78, 5) is 11.1. The minimum atomic E-state index is -0.250. The largest absolute Gasteiger partial charge is 0.412 e. The molecule has 3 heteroatoms. The number of carbonyl (C=O) groups excluding carboxylic acids is 1. The third-order valence-corrected chi connectivity index (χ3v) is 1.98. The second-order valence-corrected chi connectivity index (χ2v) is 3.46. The van der Waals surface area contributed by atoms with E-state index in [2.05, 4.69) is 13.8 Å². The topological polar surface area (TPSA) is 50.2 Å². The van der Waals surface area contributed by atoms with Crippen LogP contribution in [0.1, 0.15) is 58.8 Å². The molecule has 0 aliphatic heterocycles. The molecular weight excluding hydrogens is 178 g/mol. The third-order valence-electron chi connectivity index (χ3n) is 1.98. The molecule has 0 bridgehead atoms. The summed E-state index contributed by atoms with van der Waals surface area (Å²) in [5.74, 6) is -0.132. The first kappa shape index (κ1) is 13.1. The van der Waals surface area contributed by atoms with Gasteiger partial charge in [-0.3, -0.25) is 10.2 Å². The Morgan fingerprint density at radius 1 is 1.07 bits per heavy atom. The van der Waals surface area contributed by atoms with E-state index < -0.39 is 0 Å². The van der Waals surface area contributed by atoms with Gasteiger partial charge in [0, 0.05) is 12.8 Å². The minimum Gasteiger partial charge on any atom is -0.412 e. The Labute approximate surface area is 86.3 Å². The van der Waals surface area contributed by atoms with E-state index in [4.69, 9.17) is 10.1 Å². The number of carbonyl (C=O) groups is 1. The average Bonchev–Trinajstić information content (AvgIpc) is 2.15. The predicted octanol–water partition coefficient (Wildman–Crippen LogP) is 3.28. The van der Waals surface area contributed by atoms with E-state index in [1.54, 1.807) is 0 Å². The van der Waals surface area contributed by atoms with E-state index >= 15 is 0 Å². The fourth-order valence-electron chi connectivity index (χ4n) is 1.10. The molecule has 0 atom stereocenters. The highest BCUT2D eigenvalue weighted by Gasteiger charge is 2.05. The van der Waals surface area contributed by atoms with Crippen LogP contribution in [-0.4, -0.2) is 11.9 Å². The zero-order valence-electron chi connectivity index (χ0n) is 9.27. The molecule has 0 amide bonds. The SMILES string of the molecule is CCCCCC(=O)OC(=N)CCCC. The van der Waals surface area contributed by atoms with Gasteiger partial charge in [-0.2, -0.15) is 0 Å². The molecule has 82 valence electrons. The number of esters is 1. The fraction of sp³-hybridized carbons (Fsp3) is 0.818. The lowest BCUT2D eigenvalue weighted by Crippen LogP contribution is -2.11. The maximum atomic E-state index is 11.1. The van der Waals surface area contributed by atoms with Crippen molar-refractivity contribution in [2.75, 3.05) is 0 Å². The van der Waals surface area contributed by atoms with Crippen LogP contribution in [0.15, 0.2) is 0 Å². The molecule has 0 saturated heterocycles. The van der Waals surface area contributed by atoms with Gasteiger partial charge in [0.1, 0.15) is 0 Å². The van der Waals surface area contributed by atoms with Crippen molar-refractivity contribution in [1.82, 2.24) is 0 Å². The molecule has 0 fully saturated rings. The molecule has 0 heterocycles. The molecule has 0 spiro atoms. The molecule has 3 nitrogen and oxygen atoms in total. The summed E-state index contributed by atoms with van der Waals surface area (Å²) >= 11 is 0. The van der Waals surface area contributed by atoms with Gasteiger partial charge in [-0.15, -0.1) is 0 Å². The summed E-state index contributed by atoms with van der Waals surface area (Å²) in [6.07, 6.45) is 5.99. The van der Waals surface area contributed by atoms with E-state index in [1.807, 2.05) is 0 Å². The smallest absolute Gasteiger partial charge is 0.312 e. The summed E-state index contributed by atoms with van der Waals surface area (Å²) in [7, 11) is 0. The molecule has 14 heavy (non-hydrogen) atoms. The highest BCUT2D eigenvalue weighted by atomic mass is 16.5. The van der Waals surface area contributed by atoms with Crippen LogP contribution in [0.5, 0.6) is 0 Å². The Balaban J connectivity index is 3.45. The molecule has 0 aliphatic carbocycles. The van der Waals surface area contributed by atoms with Crippen LogP contribution in [0.25, 0.3) is 0 Å². The highest BCUT2D eigenvalue weighted by molar-refractivity contribution is 5.86. The van der Waals surface area contributed by atoms with Gasteiger partial charge in [0.25, 0.3) is 0 Å². The Hall–Kier alpha value is -0.860. The van der Waals surface area contributed by atoms with Gasteiger partial charge in [-0.05, 0) is 12.8 Å². The molecular formula is C11H21NO2. The minimum absolute atomic E-state index is 0.119. The Bertz CT molecular complexity index is 178. The first-order valence-corrected chi connectivity index (χ1v) is 5.48. The summed E-state index contributed by atoms with van der Waals surface area (Å²) in [5, 5.41) is 7.36.